The summed E-state index contributed by atoms with van der Waals surface area (Å²) >= 11 is 0. The fourth-order valence-corrected chi connectivity index (χ4v) is 3.12. The zero-order chi connectivity index (χ0) is 12.3. The van der Waals surface area contributed by atoms with E-state index >= 15 is 0 Å². The van der Waals surface area contributed by atoms with Crippen molar-refractivity contribution in [1.82, 2.24) is 4.90 Å². The Morgan fingerprint density at radius 3 is 2.29 bits per heavy atom. The van der Waals surface area contributed by atoms with Crippen molar-refractivity contribution in [3.05, 3.63) is 0 Å². The van der Waals surface area contributed by atoms with Crippen LogP contribution in [0.15, 0.2) is 0 Å². The molecule has 0 aromatic carbocycles. The molecule has 0 amide bonds. The molecule has 1 saturated heterocycles. The highest BCUT2D eigenvalue weighted by atomic mass is 16.5. The monoisotopic (exact) mass is 239 g/mol. The molecule has 2 fully saturated rings. The topological polar surface area (TPSA) is 12.5 Å². The van der Waals surface area contributed by atoms with Crippen molar-refractivity contribution in [3.63, 3.8) is 0 Å². The molecule has 1 heterocycles. The lowest BCUT2D eigenvalue weighted by Gasteiger charge is -2.41. The van der Waals surface area contributed by atoms with E-state index in [2.05, 4.69) is 25.7 Å². The van der Waals surface area contributed by atoms with E-state index in [9.17, 15) is 0 Å². The van der Waals surface area contributed by atoms with E-state index in [4.69, 9.17) is 4.74 Å². The van der Waals surface area contributed by atoms with Crippen LogP contribution in [0.4, 0.5) is 0 Å². The first-order valence-electron chi connectivity index (χ1n) is 7.56. The number of likely N-dealkylation sites (tertiary alicyclic amines) is 1. The van der Waals surface area contributed by atoms with Crippen LogP contribution in [-0.4, -0.2) is 36.7 Å². The Morgan fingerprint density at radius 1 is 1.12 bits per heavy atom. The second-order valence-electron chi connectivity index (χ2n) is 6.27. The van der Waals surface area contributed by atoms with Gasteiger partial charge in [0.25, 0.3) is 0 Å². The minimum Gasteiger partial charge on any atom is -0.375 e. The third kappa shape index (κ3) is 3.69. The molecule has 1 saturated carbocycles. The quantitative estimate of drug-likeness (QED) is 0.730. The molecule has 0 bridgehead atoms. The number of ether oxygens (including phenoxy) is 1. The second kappa shape index (κ2) is 6.19. The van der Waals surface area contributed by atoms with Crippen LogP contribution in [0.1, 0.15) is 52.9 Å². The third-order valence-corrected chi connectivity index (χ3v) is 4.53. The van der Waals surface area contributed by atoms with Gasteiger partial charge < -0.3 is 9.64 Å². The molecule has 0 atom stereocenters. The molecule has 2 nitrogen and oxygen atoms in total. The SMILES string of the molecule is CCCN1CCC(O[C@H]2C[C@H](C(C)C)C2)CC1. The van der Waals surface area contributed by atoms with Crippen LogP contribution in [0, 0.1) is 11.8 Å². The molecule has 0 N–H and O–H groups in total. The van der Waals surface area contributed by atoms with E-state index in [1.165, 1.54) is 51.7 Å². The molecule has 1 aliphatic carbocycles. The molecule has 0 aromatic heterocycles. The molecule has 2 rings (SSSR count). The maximum absolute atomic E-state index is 6.21. The van der Waals surface area contributed by atoms with Crippen LogP contribution in [0.5, 0.6) is 0 Å². The Morgan fingerprint density at radius 2 is 1.76 bits per heavy atom. The molecule has 0 aromatic rings. The van der Waals surface area contributed by atoms with E-state index in [1.807, 2.05) is 0 Å². The average molecular weight is 239 g/mol. The van der Waals surface area contributed by atoms with E-state index in [-0.39, 0.29) is 0 Å². The summed E-state index contributed by atoms with van der Waals surface area (Å²) in [5, 5.41) is 0. The number of hydrogen-bond acceptors (Lipinski definition) is 2. The fraction of sp³-hybridized carbons (Fsp3) is 1.00. The van der Waals surface area contributed by atoms with Crippen molar-refractivity contribution >= 4 is 0 Å². The Kier molecular flexibility index (Phi) is 4.87. The Balaban J connectivity index is 1.60. The average Bonchev–Trinajstić information content (AvgIpc) is 2.25. The lowest BCUT2D eigenvalue weighted by Crippen LogP contribution is -2.42. The van der Waals surface area contributed by atoms with E-state index < -0.39 is 0 Å². The van der Waals surface area contributed by atoms with Gasteiger partial charge in [-0.2, -0.15) is 0 Å². The minimum atomic E-state index is 0.557. The summed E-state index contributed by atoms with van der Waals surface area (Å²) in [4.78, 5) is 2.58. The van der Waals surface area contributed by atoms with Crippen LogP contribution in [0.3, 0.4) is 0 Å². The highest BCUT2D eigenvalue weighted by Gasteiger charge is 2.34. The summed E-state index contributed by atoms with van der Waals surface area (Å²) < 4.78 is 6.21. The zero-order valence-electron chi connectivity index (χ0n) is 11.8. The van der Waals surface area contributed by atoms with Gasteiger partial charge in [0.15, 0.2) is 0 Å². The summed E-state index contributed by atoms with van der Waals surface area (Å²) in [6.45, 7) is 10.7. The Hall–Kier alpha value is -0.0800. The van der Waals surface area contributed by atoms with Crippen LogP contribution >= 0.6 is 0 Å². The number of hydrogen-bond donors (Lipinski definition) is 0. The molecule has 1 aliphatic heterocycles. The Labute approximate surface area is 107 Å². The van der Waals surface area contributed by atoms with Crippen LogP contribution < -0.4 is 0 Å². The van der Waals surface area contributed by atoms with Crippen molar-refractivity contribution in [1.29, 1.82) is 0 Å². The Bertz CT molecular complexity index is 215. The van der Waals surface area contributed by atoms with Crippen molar-refractivity contribution in [3.8, 4) is 0 Å². The number of nitrogens with zero attached hydrogens (tertiary/aromatic N) is 1. The molecule has 2 heteroatoms. The summed E-state index contributed by atoms with van der Waals surface area (Å²) in [7, 11) is 0. The van der Waals surface area contributed by atoms with Crippen molar-refractivity contribution in [2.45, 2.75) is 65.1 Å². The molecule has 100 valence electrons. The predicted octanol–water partition coefficient (Wildman–Crippen LogP) is 3.31. The summed E-state index contributed by atoms with van der Waals surface area (Å²) in [6, 6.07) is 0. The molecular formula is C15H29NO. The van der Waals surface area contributed by atoms with E-state index in [0.29, 0.717) is 12.2 Å². The largest absolute Gasteiger partial charge is 0.375 e. The highest BCUT2D eigenvalue weighted by molar-refractivity contribution is 4.84. The van der Waals surface area contributed by atoms with Crippen molar-refractivity contribution < 1.29 is 4.74 Å². The standard InChI is InChI=1S/C15H29NO/c1-4-7-16-8-5-14(6-9-16)17-15-10-13(11-15)12(2)3/h12-15H,4-11H2,1-3H3/t13-,15-. The zero-order valence-corrected chi connectivity index (χ0v) is 11.8. The third-order valence-electron chi connectivity index (χ3n) is 4.53. The normalized spacial score (nSPS) is 31.8. The van der Waals surface area contributed by atoms with Gasteiger partial charge in [-0.05, 0) is 50.5 Å². The van der Waals surface area contributed by atoms with Crippen molar-refractivity contribution in [2.24, 2.45) is 11.8 Å². The summed E-state index contributed by atoms with van der Waals surface area (Å²) in [5.41, 5.74) is 0. The van der Waals surface area contributed by atoms with Gasteiger partial charge in [-0.15, -0.1) is 0 Å². The van der Waals surface area contributed by atoms with Gasteiger partial charge in [-0.25, -0.2) is 0 Å². The van der Waals surface area contributed by atoms with Gasteiger partial charge in [0.2, 0.25) is 0 Å². The van der Waals surface area contributed by atoms with E-state index in [1.54, 1.807) is 0 Å². The second-order valence-corrected chi connectivity index (χ2v) is 6.27. The van der Waals surface area contributed by atoms with Gasteiger partial charge in [0, 0.05) is 13.1 Å². The first-order valence-corrected chi connectivity index (χ1v) is 7.56. The highest BCUT2D eigenvalue weighted by Crippen LogP contribution is 2.37. The molecule has 2 aliphatic rings. The molecule has 0 spiro atoms. The van der Waals surface area contributed by atoms with E-state index in [0.717, 1.165) is 11.8 Å². The predicted molar refractivity (Wildman–Crippen MR) is 72.2 cm³/mol. The van der Waals surface area contributed by atoms with Gasteiger partial charge >= 0.3 is 0 Å². The first-order chi connectivity index (χ1) is 8.19. The van der Waals surface area contributed by atoms with Gasteiger partial charge in [0.05, 0.1) is 12.2 Å². The lowest BCUT2D eigenvalue weighted by atomic mass is 9.75. The molecule has 17 heavy (non-hydrogen) atoms. The smallest absolute Gasteiger partial charge is 0.0603 e. The molecular weight excluding hydrogens is 210 g/mol. The van der Waals surface area contributed by atoms with Crippen molar-refractivity contribution in [2.75, 3.05) is 19.6 Å². The summed E-state index contributed by atoms with van der Waals surface area (Å²) in [6.07, 6.45) is 7.56. The van der Waals surface area contributed by atoms with Crippen LogP contribution in [-0.2, 0) is 4.74 Å². The van der Waals surface area contributed by atoms with Gasteiger partial charge in [-0.3, -0.25) is 0 Å². The minimum absolute atomic E-state index is 0.557. The van der Waals surface area contributed by atoms with Gasteiger partial charge in [-0.1, -0.05) is 20.8 Å². The first kappa shape index (κ1) is 13.4. The maximum atomic E-state index is 6.21. The van der Waals surface area contributed by atoms with Crippen LogP contribution in [0.2, 0.25) is 0 Å². The van der Waals surface area contributed by atoms with Crippen LogP contribution in [0.25, 0.3) is 0 Å². The fourth-order valence-electron chi connectivity index (χ4n) is 3.12. The summed E-state index contributed by atoms with van der Waals surface area (Å²) in [5.74, 6) is 1.78. The number of rotatable bonds is 5. The van der Waals surface area contributed by atoms with Gasteiger partial charge in [0.1, 0.15) is 0 Å². The molecule has 0 unspecified atom stereocenters. The number of piperidine rings is 1. The maximum Gasteiger partial charge on any atom is 0.0603 e. The lowest BCUT2D eigenvalue weighted by molar-refractivity contribution is -0.101. The molecule has 0 radical (unpaired) electrons.